The molecule has 0 aliphatic heterocycles. The highest BCUT2D eigenvalue weighted by atomic mass is 35.5. The summed E-state index contributed by atoms with van der Waals surface area (Å²) in [4.78, 5) is 12.6. The highest BCUT2D eigenvalue weighted by Crippen LogP contribution is 2.25. The van der Waals surface area contributed by atoms with E-state index in [9.17, 15) is 0 Å². The predicted molar refractivity (Wildman–Crippen MR) is 67.8 cm³/mol. The number of halogens is 1. The van der Waals surface area contributed by atoms with Crippen LogP contribution in [0.15, 0.2) is 48.8 Å². The summed E-state index contributed by atoms with van der Waals surface area (Å²) in [6.07, 6.45) is 3.48. The summed E-state index contributed by atoms with van der Waals surface area (Å²) in [6, 6.07) is 11.7. The standard InChI is InChI=1S/C13H8ClN3/c14-13-16-8-9-4-3-5-10(12(9)17-13)11-6-1-2-7-15-11/h1-8H. The van der Waals surface area contributed by atoms with Gasteiger partial charge in [0.25, 0.3) is 0 Å². The van der Waals surface area contributed by atoms with E-state index >= 15 is 0 Å². The Labute approximate surface area is 103 Å². The summed E-state index contributed by atoms with van der Waals surface area (Å²) >= 11 is 5.84. The molecule has 82 valence electrons. The maximum Gasteiger partial charge on any atom is 0.222 e. The number of nitrogens with zero attached hydrogens (tertiary/aromatic N) is 3. The van der Waals surface area contributed by atoms with Gasteiger partial charge in [-0.1, -0.05) is 24.3 Å². The quantitative estimate of drug-likeness (QED) is 0.614. The van der Waals surface area contributed by atoms with Crippen molar-refractivity contribution in [3.05, 3.63) is 54.1 Å². The summed E-state index contributed by atoms with van der Waals surface area (Å²) < 4.78 is 0. The van der Waals surface area contributed by atoms with Gasteiger partial charge in [0.05, 0.1) is 11.2 Å². The van der Waals surface area contributed by atoms with Gasteiger partial charge >= 0.3 is 0 Å². The number of pyridine rings is 1. The largest absolute Gasteiger partial charge is 0.256 e. The van der Waals surface area contributed by atoms with Crippen molar-refractivity contribution in [1.29, 1.82) is 0 Å². The summed E-state index contributed by atoms with van der Waals surface area (Å²) in [5, 5.41) is 1.21. The molecule has 3 rings (SSSR count). The molecule has 3 nitrogen and oxygen atoms in total. The van der Waals surface area contributed by atoms with Crippen LogP contribution >= 0.6 is 11.6 Å². The maximum absolute atomic E-state index is 5.84. The summed E-state index contributed by atoms with van der Waals surface area (Å²) in [6.45, 7) is 0. The fourth-order valence-corrected chi connectivity index (χ4v) is 1.90. The molecule has 0 saturated heterocycles. The first-order valence-corrected chi connectivity index (χ1v) is 5.55. The molecule has 0 aliphatic rings. The molecule has 3 aromatic rings. The second-order valence-corrected chi connectivity index (χ2v) is 3.94. The van der Waals surface area contributed by atoms with Crippen LogP contribution in [0.2, 0.25) is 5.28 Å². The van der Waals surface area contributed by atoms with Crippen molar-refractivity contribution in [2.24, 2.45) is 0 Å². The van der Waals surface area contributed by atoms with Gasteiger partial charge in [-0.05, 0) is 23.7 Å². The van der Waals surface area contributed by atoms with Crippen LogP contribution in [-0.2, 0) is 0 Å². The fraction of sp³-hybridized carbons (Fsp3) is 0. The number of para-hydroxylation sites is 1. The Kier molecular flexibility index (Phi) is 2.46. The van der Waals surface area contributed by atoms with Crippen molar-refractivity contribution in [3.63, 3.8) is 0 Å². The van der Waals surface area contributed by atoms with E-state index in [4.69, 9.17) is 11.6 Å². The number of hydrogen-bond donors (Lipinski definition) is 0. The van der Waals surface area contributed by atoms with Gasteiger partial charge in [0, 0.05) is 23.3 Å². The van der Waals surface area contributed by atoms with E-state index in [0.29, 0.717) is 0 Å². The van der Waals surface area contributed by atoms with Crippen LogP contribution in [0.4, 0.5) is 0 Å². The molecule has 0 atom stereocenters. The van der Waals surface area contributed by atoms with Gasteiger partial charge in [-0.15, -0.1) is 0 Å². The molecule has 2 aromatic heterocycles. The minimum atomic E-state index is 0.251. The van der Waals surface area contributed by atoms with Gasteiger partial charge in [0.1, 0.15) is 0 Å². The highest BCUT2D eigenvalue weighted by Gasteiger charge is 2.06. The molecule has 0 saturated carbocycles. The lowest BCUT2D eigenvalue weighted by Gasteiger charge is -2.04. The van der Waals surface area contributed by atoms with Crippen LogP contribution in [-0.4, -0.2) is 15.0 Å². The molecule has 0 radical (unpaired) electrons. The molecule has 17 heavy (non-hydrogen) atoms. The zero-order chi connectivity index (χ0) is 11.7. The molecule has 4 heteroatoms. The lowest BCUT2D eigenvalue weighted by Crippen LogP contribution is -1.89. The van der Waals surface area contributed by atoms with Crippen molar-refractivity contribution in [2.45, 2.75) is 0 Å². The van der Waals surface area contributed by atoms with E-state index in [-0.39, 0.29) is 5.28 Å². The zero-order valence-electron chi connectivity index (χ0n) is 8.84. The van der Waals surface area contributed by atoms with E-state index in [1.165, 1.54) is 0 Å². The van der Waals surface area contributed by atoms with Crippen molar-refractivity contribution in [1.82, 2.24) is 15.0 Å². The molecular formula is C13H8ClN3. The summed E-state index contributed by atoms with van der Waals surface area (Å²) in [7, 11) is 0. The average Bonchev–Trinajstić information content (AvgIpc) is 2.39. The molecule has 1 aromatic carbocycles. The van der Waals surface area contributed by atoms with Gasteiger partial charge in [-0.25, -0.2) is 9.97 Å². The van der Waals surface area contributed by atoms with Crippen LogP contribution in [0.3, 0.4) is 0 Å². The lowest BCUT2D eigenvalue weighted by atomic mass is 10.1. The van der Waals surface area contributed by atoms with Gasteiger partial charge in [-0.2, -0.15) is 0 Å². The number of rotatable bonds is 1. The molecule has 0 spiro atoms. The van der Waals surface area contributed by atoms with Crippen LogP contribution < -0.4 is 0 Å². The van der Waals surface area contributed by atoms with E-state index in [2.05, 4.69) is 15.0 Å². The number of fused-ring (bicyclic) bond motifs is 1. The Balaban J connectivity index is 2.33. The molecule has 0 bridgehead atoms. The van der Waals surface area contributed by atoms with Crippen LogP contribution in [0.5, 0.6) is 0 Å². The smallest absolute Gasteiger partial charge is 0.222 e. The second kappa shape index (κ2) is 4.11. The number of benzene rings is 1. The van der Waals surface area contributed by atoms with E-state index in [1.54, 1.807) is 12.4 Å². The highest BCUT2D eigenvalue weighted by molar-refractivity contribution is 6.28. The van der Waals surface area contributed by atoms with Crippen LogP contribution in [0.25, 0.3) is 22.2 Å². The molecular weight excluding hydrogens is 234 g/mol. The van der Waals surface area contributed by atoms with Crippen molar-refractivity contribution in [2.75, 3.05) is 0 Å². The van der Waals surface area contributed by atoms with Gasteiger partial charge in [-0.3, -0.25) is 4.98 Å². The van der Waals surface area contributed by atoms with Crippen LogP contribution in [0.1, 0.15) is 0 Å². The van der Waals surface area contributed by atoms with Crippen LogP contribution in [0, 0.1) is 0 Å². The van der Waals surface area contributed by atoms with Gasteiger partial charge in [0.2, 0.25) is 5.28 Å². The first-order valence-electron chi connectivity index (χ1n) is 5.17. The molecule has 0 amide bonds. The Bertz CT molecular complexity index is 668. The lowest BCUT2D eigenvalue weighted by molar-refractivity contribution is 1.22. The summed E-state index contributed by atoms with van der Waals surface area (Å²) in [5.74, 6) is 0. The van der Waals surface area contributed by atoms with E-state index in [0.717, 1.165) is 22.2 Å². The van der Waals surface area contributed by atoms with Crippen molar-refractivity contribution >= 4 is 22.5 Å². The third-order valence-corrected chi connectivity index (χ3v) is 2.70. The number of hydrogen-bond acceptors (Lipinski definition) is 3. The zero-order valence-corrected chi connectivity index (χ0v) is 9.59. The van der Waals surface area contributed by atoms with E-state index < -0.39 is 0 Å². The monoisotopic (exact) mass is 241 g/mol. The molecule has 2 heterocycles. The molecule has 0 fully saturated rings. The predicted octanol–water partition coefficient (Wildman–Crippen LogP) is 3.35. The fourth-order valence-electron chi connectivity index (χ4n) is 1.76. The van der Waals surface area contributed by atoms with E-state index in [1.807, 2.05) is 36.4 Å². The summed E-state index contributed by atoms with van der Waals surface area (Å²) in [5.41, 5.74) is 2.67. The Morgan fingerprint density at radius 1 is 0.941 bits per heavy atom. The molecule has 0 N–H and O–H groups in total. The molecule has 0 unspecified atom stereocenters. The minimum Gasteiger partial charge on any atom is -0.256 e. The van der Waals surface area contributed by atoms with Gasteiger partial charge < -0.3 is 0 Å². The topological polar surface area (TPSA) is 38.7 Å². The molecule has 0 aliphatic carbocycles. The second-order valence-electron chi connectivity index (χ2n) is 3.60. The number of aromatic nitrogens is 3. The Morgan fingerprint density at radius 2 is 1.88 bits per heavy atom. The SMILES string of the molecule is Clc1ncc2cccc(-c3ccccn3)c2n1. The first-order chi connectivity index (χ1) is 8.34. The third kappa shape index (κ3) is 1.85. The first kappa shape index (κ1) is 10.2. The Morgan fingerprint density at radius 3 is 2.71 bits per heavy atom. The van der Waals surface area contributed by atoms with Crippen molar-refractivity contribution in [3.8, 4) is 11.3 Å². The van der Waals surface area contributed by atoms with Gasteiger partial charge in [0.15, 0.2) is 0 Å². The minimum absolute atomic E-state index is 0.251. The maximum atomic E-state index is 5.84. The third-order valence-electron chi connectivity index (χ3n) is 2.52. The Hall–Kier alpha value is -2.00. The van der Waals surface area contributed by atoms with Crippen molar-refractivity contribution < 1.29 is 0 Å². The average molecular weight is 242 g/mol. The normalized spacial score (nSPS) is 10.6.